The quantitative estimate of drug-likeness (QED) is 0.0220. The number of nitrogens with zero attached hydrogens (tertiary/aromatic N) is 1. The van der Waals surface area contributed by atoms with Crippen molar-refractivity contribution in [3.8, 4) is 0 Å². The Balaban J connectivity index is 1.60. The van der Waals surface area contributed by atoms with Crippen molar-refractivity contribution in [3.05, 3.63) is 113 Å². The number of ether oxygens (including phenoxy) is 3. The number of rotatable bonds is 19. The molecule has 0 saturated heterocycles. The largest absolute Gasteiger partial charge is 0.574 e. The van der Waals surface area contributed by atoms with Crippen LogP contribution in [0.25, 0.3) is 0 Å². The molecule has 17 nitrogen and oxygen atoms in total. The maximum atomic E-state index is 13.1. The predicted octanol–water partition coefficient (Wildman–Crippen LogP) is 0.131. The fourth-order valence-corrected chi connectivity index (χ4v) is 4.34. The fraction of sp³-hybridized carbons (Fsp3) is 0.294. The molecule has 3 aromatic rings. The third-order valence-corrected chi connectivity index (χ3v) is 6.87. The molecule has 0 aliphatic heterocycles. The third-order valence-electron chi connectivity index (χ3n) is 6.87. The Hall–Kier alpha value is -6.04. The van der Waals surface area contributed by atoms with Gasteiger partial charge in [-0.3, -0.25) is 14.4 Å². The van der Waals surface area contributed by atoms with Crippen molar-refractivity contribution in [1.82, 2.24) is 21.4 Å². The van der Waals surface area contributed by atoms with Gasteiger partial charge >= 0.3 is 18.0 Å². The number of carbonyl (C=O) groups excluding carboxylic acids is 5. The molecule has 0 aliphatic rings. The monoisotopic (exact) mass is 707 g/mol. The summed E-state index contributed by atoms with van der Waals surface area (Å²) in [4.78, 5) is 68.1. The maximum absolute atomic E-state index is 13.1. The summed E-state index contributed by atoms with van der Waals surface area (Å²) in [6.07, 6.45) is -1.28. The lowest BCUT2D eigenvalue weighted by atomic mass is 10.1. The first-order valence-corrected chi connectivity index (χ1v) is 15.8. The van der Waals surface area contributed by atoms with Crippen LogP contribution in [0.15, 0.2) is 96.0 Å². The predicted molar refractivity (Wildman–Crippen MR) is 181 cm³/mol. The number of alkyl carbamates (subject to hydrolysis) is 1. The molecule has 0 radical (unpaired) electrons. The van der Waals surface area contributed by atoms with E-state index in [1.54, 1.807) is 84.9 Å². The maximum Gasteiger partial charge on any atom is 0.408 e. The van der Waals surface area contributed by atoms with Crippen LogP contribution in [0.1, 0.15) is 36.0 Å². The van der Waals surface area contributed by atoms with Gasteiger partial charge in [0.2, 0.25) is 17.8 Å². The summed E-state index contributed by atoms with van der Waals surface area (Å²) < 4.78 is 15.8. The Morgan fingerprint density at radius 2 is 1.29 bits per heavy atom. The van der Waals surface area contributed by atoms with E-state index < -0.39 is 60.2 Å². The first-order chi connectivity index (χ1) is 24.6. The molecular formula is C34H41N7O10. The van der Waals surface area contributed by atoms with E-state index in [0.717, 1.165) is 5.56 Å². The summed E-state index contributed by atoms with van der Waals surface area (Å²) in [7, 11) is 0. The molecule has 3 rings (SSSR count). The van der Waals surface area contributed by atoms with Crippen molar-refractivity contribution in [2.45, 2.75) is 51.2 Å². The van der Waals surface area contributed by atoms with Gasteiger partial charge in [-0.25, -0.2) is 14.6 Å². The van der Waals surface area contributed by atoms with E-state index in [1.165, 1.54) is 0 Å². The first-order valence-electron chi connectivity index (χ1n) is 15.8. The Morgan fingerprint density at radius 1 is 0.765 bits per heavy atom. The minimum Gasteiger partial charge on any atom is -0.574 e. The number of benzene rings is 3. The molecule has 0 bridgehead atoms. The summed E-state index contributed by atoms with van der Waals surface area (Å²) in [5.41, 5.74) is 9.47. The average molecular weight is 708 g/mol. The summed E-state index contributed by atoms with van der Waals surface area (Å²) >= 11 is 0. The highest BCUT2D eigenvalue weighted by atomic mass is 16.8. The van der Waals surface area contributed by atoms with Gasteiger partial charge in [0.1, 0.15) is 31.9 Å². The molecule has 3 unspecified atom stereocenters. The van der Waals surface area contributed by atoms with Crippen molar-refractivity contribution in [1.29, 1.82) is 0 Å². The highest BCUT2D eigenvalue weighted by Gasteiger charge is 2.28. The zero-order valence-electron chi connectivity index (χ0n) is 27.6. The van der Waals surface area contributed by atoms with Gasteiger partial charge in [-0.15, -0.1) is 5.34 Å². The number of carbonyl (C=O) groups is 5. The molecule has 17 heteroatoms. The number of hydrogen-bond acceptors (Lipinski definition) is 11. The molecule has 51 heavy (non-hydrogen) atoms. The van der Waals surface area contributed by atoms with Crippen molar-refractivity contribution < 1.29 is 48.7 Å². The normalized spacial score (nSPS) is 12.7. The van der Waals surface area contributed by atoms with Crippen LogP contribution in [0.5, 0.6) is 0 Å². The van der Waals surface area contributed by atoms with E-state index in [1.807, 2.05) is 11.5 Å². The van der Waals surface area contributed by atoms with Crippen molar-refractivity contribution in [2.24, 2.45) is 10.7 Å². The molecule has 0 heterocycles. The SMILES string of the molecule is NC(=NCCCC(NC(=O)OCc1ccccc1)C(=O)NCC(=O)NC(CC(=O)OCc1ccccc1)C(=O)OCc1ccccc1)N[NH+]([O-])O. The van der Waals surface area contributed by atoms with Gasteiger partial charge in [-0.1, -0.05) is 91.0 Å². The van der Waals surface area contributed by atoms with Crippen molar-refractivity contribution in [2.75, 3.05) is 13.1 Å². The second kappa shape index (κ2) is 21.8. The smallest absolute Gasteiger partial charge is 0.408 e. The number of esters is 2. The number of nitrogens with two attached hydrogens (primary N) is 1. The van der Waals surface area contributed by atoms with Gasteiger partial charge < -0.3 is 41.1 Å². The van der Waals surface area contributed by atoms with Crippen LogP contribution in [-0.4, -0.2) is 66.2 Å². The Kier molecular flexibility index (Phi) is 16.9. The van der Waals surface area contributed by atoms with E-state index in [9.17, 15) is 29.2 Å². The molecule has 3 amide bonds. The lowest BCUT2D eigenvalue weighted by Crippen LogP contribution is -3.13. The van der Waals surface area contributed by atoms with Crippen LogP contribution in [0, 0.1) is 5.21 Å². The lowest BCUT2D eigenvalue weighted by Gasteiger charge is -2.20. The van der Waals surface area contributed by atoms with Gasteiger partial charge in [0, 0.05) is 6.54 Å². The Bertz CT molecular complexity index is 1580. The molecule has 8 N–H and O–H groups in total. The van der Waals surface area contributed by atoms with Gasteiger partial charge in [-0.05, 0) is 29.5 Å². The van der Waals surface area contributed by atoms with Gasteiger partial charge in [0.15, 0.2) is 0 Å². The molecule has 0 fully saturated rings. The summed E-state index contributed by atoms with van der Waals surface area (Å²) in [5.74, 6) is -3.62. The molecule has 0 aromatic heterocycles. The van der Waals surface area contributed by atoms with Crippen LogP contribution in [0.2, 0.25) is 0 Å². The average Bonchev–Trinajstić information content (AvgIpc) is 3.13. The van der Waals surface area contributed by atoms with E-state index in [-0.39, 0.29) is 45.2 Å². The molecule has 0 spiro atoms. The molecule has 0 aliphatic carbocycles. The first kappa shape index (κ1) is 39.4. The molecule has 3 atom stereocenters. The highest BCUT2D eigenvalue weighted by molar-refractivity contribution is 5.92. The third kappa shape index (κ3) is 16.3. The molecule has 272 valence electrons. The van der Waals surface area contributed by atoms with Gasteiger partial charge in [0.05, 0.1) is 13.0 Å². The Labute approximate surface area is 293 Å². The minimum atomic E-state index is -1.44. The second-order valence-corrected chi connectivity index (χ2v) is 10.9. The number of aliphatic imine (C=N–C) groups is 1. The molecule has 3 aromatic carbocycles. The van der Waals surface area contributed by atoms with Crippen LogP contribution in [0.3, 0.4) is 0 Å². The van der Waals surface area contributed by atoms with Gasteiger partial charge in [0.25, 0.3) is 0 Å². The molecular weight excluding hydrogens is 666 g/mol. The number of quaternary nitrogens is 1. The van der Waals surface area contributed by atoms with E-state index in [0.29, 0.717) is 11.1 Å². The van der Waals surface area contributed by atoms with Crippen LogP contribution in [0.4, 0.5) is 4.79 Å². The number of amides is 3. The topological polar surface area (TPSA) is 247 Å². The Morgan fingerprint density at radius 3 is 1.84 bits per heavy atom. The standard InChI is InChI=1S/C34H41N7O10/c35-33(40-41(47)48)36-18-10-17-27(39-34(46)51-23-26-15-8-3-9-16-26)31(44)37-20-29(42)38-28(32(45)50-22-25-13-6-2-7-14-25)19-30(43)49-21-24-11-4-1-5-12-24/h1-9,11-16,27-28,41,47H,10,17-23H2,(H,37,44)(H,38,42)(H,39,46)(H3,35,36,40). The van der Waals surface area contributed by atoms with Crippen molar-refractivity contribution in [3.63, 3.8) is 0 Å². The molecule has 0 saturated carbocycles. The van der Waals surface area contributed by atoms with Crippen molar-refractivity contribution >= 4 is 35.8 Å². The lowest BCUT2D eigenvalue weighted by molar-refractivity contribution is -1.08. The fourth-order valence-electron chi connectivity index (χ4n) is 4.34. The zero-order valence-corrected chi connectivity index (χ0v) is 27.6. The van der Waals surface area contributed by atoms with Crippen LogP contribution in [-0.2, 0) is 53.2 Å². The summed E-state index contributed by atoms with van der Waals surface area (Å²) in [5, 5.41) is 25.3. The second-order valence-electron chi connectivity index (χ2n) is 10.9. The summed E-state index contributed by atoms with van der Waals surface area (Å²) in [6.45, 7) is -0.862. The van der Waals surface area contributed by atoms with E-state index >= 15 is 0 Å². The summed E-state index contributed by atoms with van der Waals surface area (Å²) in [6, 6.07) is 23.9. The number of hydrogen-bond donors (Lipinski definition) is 7. The van der Waals surface area contributed by atoms with Crippen LogP contribution < -0.4 is 32.4 Å². The van der Waals surface area contributed by atoms with Gasteiger partial charge in [-0.2, -0.15) is 10.6 Å². The van der Waals surface area contributed by atoms with E-state index in [2.05, 4.69) is 20.9 Å². The number of guanidine groups is 1. The van der Waals surface area contributed by atoms with E-state index in [4.69, 9.17) is 25.2 Å². The van der Waals surface area contributed by atoms with Crippen LogP contribution >= 0.6 is 0 Å². The highest BCUT2D eigenvalue weighted by Crippen LogP contribution is 2.08. The minimum absolute atomic E-state index is 0.000563. The zero-order chi connectivity index (χ0) is 36.8. The number of nitrogens with one attached hydrogen (secondary N) is 5.